The van der Waals surface area contributed by atoms with Crippen LogP contribution < -0.4 is 5.73 Å². The molecule has 0 saturated heterocycles. The zero-order chi connectivity index (χ0) is 5.98. The van der Waals surface area contributed by atoms with Crippen LogP contribution in [-0.4, -0.2) is 0 Å². The Morgan fingerprint density at radius 3 is 2.75 bits per heavy atom. The van der Waals surface area contributed by atoms with Crippen molar-refractivity contribution in [3.05, 3.63) is 30.1 Å². The molecule has 0 unspecified atom stereocenters. The topological polar surface area (TPSA) is 26.0 Å². The minimum absolute atomic E-state index is 0.318. The Morgan fingerprint density at radius 2 is 2.38 bits per heavy atom. The van der Waals surface area contributed by atoms with Crippen LogP contribution in [0.3, 0.4) is 0 Å². The van der Waals surface area contributed by atoms with Crippen LogP contribution in [0.5, 0.6) is 0 Å². The first kappa shape index (κ1) is 5.09. The van der Waals surface area contributed by atoms with Gasteiger partial charge >= 0.3 is 0 Å². The molecule has 1 radical (unpaired) electrons. The van der Waals surface area contributed by atoms with Crippen LogP contribution in [-0.2, 0) is 0 Å². The maximum absolute atomic E-state index is 12.1. The van der Waals surface area contributed by atoms with E-state index in [0.717, 1.165) is 0 Å². The number of anilines is 1. The number of rotatable bonds is 0. The van der Waals surface area contributed by atoms with Gasteiger partial charge < -0.3 is 5.73 Å². The van der Waals surface area contributed by atoms with Crippen molar-refractivity contribution in [1.29, 1.82) is 0 Å². The largest absolute Gasteiger partial charge is 0.398 e. The molecule has 1 aromatic carbocycles. The minimum atomic E-state index is -0.318. The monoisotopic (exact) mass is 110 g/mol. The molecule has 8 heavy (non-hydrogen) atoms. The van der Waals surface area contributed by atoms with Crippen LogP contribution in [0.25, 0.3) is 0 Å². The molecule has 0 aliphatic carbocycles. The van der Waals surface area contributed by atoms with Gasteiger partial charge in [0.2, 0.25) is 0 Å². The third-order valence-electron chi connectivity index (χ3n) is 0.786. The highest BCUT2D eigenvalue weighted by molar-refractivity contribution is 5.35. The lowest BCUT2D eigenvalue weighted by Gasteiger charge is -1.87. The average molecular weight is 110 g/mol. The Hall–Kier alpha value is -1.05. The zero-order valence-corrected chi connectivity index (χ0v) is 4.19. The Bertz CT molecular complexity index is 168. The van der Waals surface area contributed by atoms with Crippen molar-refractivity contribution < 1.29 is 4.39 Å². The highest BCUT2D eigenvalue weighted by Crippen LogP contribution is 2.01. The second-order valence-corrected chi connectivity index (χ2v) is 1.46. The first-order valence-electron chi connectivity index (χ1n) is 2.22. The van der Waals surface area contributed by atoms with Gasteiger partial charge in [0.15, 0.2) is 0 Å². The highest BCUT2D eigenvalue weighted by Gasteiger charge is 1.85. The van der Waals surface area contributed by atoms with Crippen LogP contribution in [0.2, 0.25) is 0 Å². The molecule has 0 fully saturated rings. The highest BCUT2D eigenvalue weighted by atomic mass is 19.1. The molecule has 1 nitrogen and oxygen atoms in total. The van der Waals surface area contributed by atoms with Crippen molar-refractivity contribution in [1.82, 2.24) is 0 Å². The molecule has 0 amide bonds. The van der Waals surface area contributed by atoms with Crippen molar-refractivity contribution in [2.75, 3.05) is 5.73 Å². The van der Waals surface area contributed by atoms with Gasteiger partial charge in [0.1, 0.15) is 5.82 Å². The summed E-state index contributed by atoms with van der Waals surface area (Å²) in [4.78, 5) is 0. The fraction of sp³-hybridized carbons (Fsp3) is 0. The molecule has 0 heterocycles. The van der Waals surface area contributed by atoms with Crippen molar-refractivity contribution in [3.8, 4) is 0 Å². The van der Waals surface area contributed by atoms with Crippen molar-refractivity contribution in [2.45, 2.75) is 0 Å². The number of benzene rings is 1. The lowest BCUT2D eigenvalue weighted by Crippen LogP contribution is -1.83. The molecule has 0 aliphatic heterocycles. The summed E-state index contributed by atoms with van der Waals surface area (Å²) in [6.07, 6.45) is 0. The molecular formula is C6H5FN. The summed E-state index contributed by atoms with van der Waals surface area (Å²) in [6.45, 7) is 0. The zero-order valence-electron chi connectivity index (χ0n) is 4.19. The third-order valence-corrected chi connectivity index (χ3v) is 0.786. The van der Waals surface area contributed by atoms with Gasteiger partial charge in [0.25, 0.3) is 0 Å². The molecule has 0 saturated carbocycles. The van der Waals surface area contributed by atoms with Crippen LogP contribution in [0.1, 0.15) is 0 Å². The van der Waals surface area contributed by atoms with Crippen LogP contribution >= 0.6 is 0 Å². The minimum Gasteiger partial charge on any atom is -0.398 e. The molecule has 1 aromatic rings. The van der Waals surface area contributed by atoms with E-state index in [9.17, 15) is 4.39 Å². The van der Waals surface area contributed by atoms with E-state index in [1.807, 2.05) is 0 Å². The predicted molar refractivity (Wildman–Crippen MR) is 29.6 cm³/mol. The fourth-order valence-electron chi connectivity index (χ4n) is 0.456. The molecule has 0 spiro atoms. The van der Waals surface area contributed by atoms with Crippen LogP contribution in [0.15, 0.2) is 18.2 Å². The van der Waals surface area contributed by atoms with E-state index in [1.165, 1.54) is 18.2 Å². The Morgan fingerprint density at radius 1 is 1.62 bits per heavy atom. The Balaban J connectivity index is 3.08. The maximum Gasteiger partial charge on any atom is 0.125 e. The van der Waals surface area contributed by atoms with Gasteiger partial charge in [-0.15, -0.1) is 0 Å². The van der Waals surface area contributed by atoms with Gasteiger partial charge in [-0.05, 0) is 18.2 Å². The summed E-state index contributed by atoms with van der Waals surface area (Å²) in [5.41, 5.74) is 5.50. The van der Waals surface area contributed by atoms with E-state index < -0.39 is 0 Å². The molecule has 0 bridgehead atoms. The summed E-state index contributed by atoms with van der Waals surface area (Å²) in [6, 6.07) is 6.58. The summed E-state index contributed by atoms with van der Waals surface area (Å²) >= 11 is 0. The van der Waals surface area contributed by atoms with Gasteiger partial charge in [-0.25, -0.2) is 4.39 Å². The van der Waals surface area contributed by atoms with E-state index >= 15 is 0 Å². The van der Waals surface area contributed by atoms with Crippen LogP contribution in [0, 0.1) is 11.9 Å². The average Bonchev–Trinajstić information content (AvgIpc) is 1.64. The van der Waals surface area contributed by atoms with Crippen LogP contribution in [0.4, 0.5) is 10.1 Å². The van der Waals surface area contributed by atoms with E-state index in [-0.39, 0.29) is 5.82 Å². The molecule has 0 aromatic heterocycles. The Labute approximate surface area is 46.9 Å². The summed E-state index contributed by atoms with van der Waals surface area (Å²) in [5.74, 6) is -0.318. The molecule has 0 aliphatic rings. The summed E-state index contributed by atoms with van der Waals surface area (Å²) in [7, 11) is 0. The quantitative estimate of drug-likeness (QED) is 0.499. The first-order valence-corrected chi connectivity index (χ1v) is 2.22. The maximum atomic E-state index is 12.1. The van der Waals surface area contributed by atoms with Gasteiger partial charge in [-0.3, -0.25) is 0 Å². The third kappa shape index (κ3) is 0.964. The van der Waals surface area contributed by atoms with Gasteiger partial charge in [-0.1, -0.05) is 0 Å². The van der Waals surface area contributed by atoms with E-state index in [4.69, 9.17) is 5.73 Å². The standard InChI is InChI=1S/C6H5FN/c7-5-2-1-3-6(8)4-5/h1-2,4H,8H2. The lowest BCUT2D eigenvalue weighted by molar-refractivity contribution is 0.628. The SMILES string of the molecule is Nc1[c]ccc(F)c1. The van der Waals surface area contributed by atoms with Gasteiger partial charge in [-0.2, -0.15) is 0 Å². The number of nitrogen functional groups attached to an aromatic ring is 1. The number of nitrogens with two attached hydrogens (primary N) is 1. The predicted octanol–water partition coefficient (Wildman–Crippen LogP) is 1.21. The van der Waals surface area contributed by atoms with Gasteiger partial charge in [0, 0.05) is 11.8 Å². The van der Waals surface area contributed by atoms with Crippen molar-refractivity contribution in [2.24, 2.45) is 0 Å². The van der Waals surface area contributed by atoms with E-state index in [2.05, 4.69) is 6.07 Å². The first-order chi connectivity index (χ1) is 3.79. The summed E-state index contributed by atoms with van der Waals surface area (Å²) in [5, 5.41) is 0. The Kier molecular flexibility index (Phi) is 1.16. The number of hydrogen-bond acceptors (Lipinski definition) is 1. The summed E-state index contributed by atoms with van der Waals surface area (Å²) < 4.78 is 12.1. The molecule has 41 valence electrons. The molecular weight excluding hydrogens is 105 g/mol. The van der Waals surface area contributed by atoms with Crippen molar-refractivity contribution in [3.63, 3.8) is 0 Å². The second kappa shape index (κ2) is 1.82. The second-order valence-electron chi connectivity index (χ2n) is 1.46. The number of hydrogen-bond donors (Lipinski definition) is 1. The van der Waals surface area contributed by atoms with E-state index in [1.54, 1.807) is 0 Å². The van der Waals surface area contributed by atoms with Crippen molar-refractivity contribution >= 4 is 5.69 Å². The molecule has 0 atom stereocenters. The molecule has 2 heteroatoms. The lowest BCUT2D eigenvalue weighted by atomic mass is 10.3. The smallest absolute Gasteiger partial charge is 0.125 e. The fourth-order valence-corrected chi connectivity index (χ4v) is 0.456. The molecule has 1 rings (SSSR count). The number of halogens is 1. The molecule has 2 N–H and O–H groups in total. The normalized spacial score (nSPS) is 9.12. The van der Waals surface area contributed by atoms with Gasteiger partial charge in [0.05, 0.1) is 0 Å². The van der Waals surface area contributed by atoms with E-state index in [0.29, 0.717) is 5.69 Å².